The third-order valence-electron chi connectivity index (χ3n) is 5.69. The minimum atomic E-state index is -4.13. The largest absolute Gasteiger partial charge is 0.314 e. The third-order valence-corrected chi connectivity index (χ3v) is 7.49. The summed E-state index contributed by atoms with van der Waals surface area (Å²) in [6.07, 6.45) is 1.31. The van der Waals surface area contributed by atoms with Crippen LogP contribution in [-0.4, -0.2) is 14.2 Å². The molecule has 0 unspecified atom stereocenters. The van der Waals surface area contributed by atoms with Crippen molar-refractivity contribution in [2.45, 2.75) is 38.5 Å². The molecule has 1 aliphatic rings. The van der Waals surface area contributed by atoms with Crippen LogP contribution in [0.5, 0.6) is 0 Å². The zero-order valence-electron chi connectivity index (χ0n) is 18.4. The van der Waals surface area contributed by atoms with Crippen LogP contribution in [0.2, 0.25) is 0 Å². The summed E-state index contributed by atoms with van der Waals surface area (Å²) in [5.41, 5.74) is 3.94. The van der Waals surface area contributed by atoms with Gasteiger partial charge in [0.2, 0.25) is 15.6 Å². The van der Waals surface area contributed by atoms with E-state index in [2.05, 4.69) is 13.8 Å². The molecule has 0 radical (unpaired) electrons. The molecule has 0 bridgehead atoms. The highest BCUT2D eigenvalue weighted by Crippen LogP contribution is 2.41. The summed E-state index contributed by atoms with van der Waals surface area (Å²) in [4.78, 5) is 14.5. The summed E-state index contributed by atoms with van der Waals surface area (Å²) in [5.74, 6) is -0.811. The number of nitrogens with zero attached hydrogens (tertiary/aromatic N) is 1. The number of rotatable bonds is 4. The second-order valence-corrected chi connectivity index (χ2v) is 10.3. The highest BCUT2D eigenvalue weighted by atomic mass is 32.2. The van der Waals surface area contributed by atoms with E-state index in [1.807, 2.05) is 37.3 Å². The van der Waals surface area contributed by atoms with E-state index in [-0.39, 0.29) is 15.5 Å². The number of carbonyl (C=O) groups excluding carboxylic acids is 1. The highest BCUT2D eigenvalue weighted by Gasteiger charge is 2.36. The first-order chi connectivity index (χ1) is 15.1. The molecule has 4 rings (SSSR count). The van der Waals surface area contributed by atoms with E-state index in [9.17, 15) is 17.6 Å². The van der Waals surface area contributed by atoms with Crippen molar-refractivity contribution in [1.82, 2.24) is 0 Å². The number of ketones is 1. The maximum atomic E-state index is 14.1. The van der Waals surface area contributed by atoms with E-state index >= 15 is 0 Å². The summed E-state index contributed by atoms with van der Waals surface area (Å²) >= 11 is 0. The molecule has 164 valence electrons. The van der Waals surface area contributed by atoms with Gasteiger partial charge < -0.3 is 4.90 Å². The molecule has 0 atom stereocenters. The quantitative estimate of drug-likeness (QED) is 0.351. The van der Waals surface area contributed by atoms with Gasteiger partial charge in [-0.2, -0.15) is 0 Å². The van der Waals surface area contributed by atoms with Crippen molar-refractivity contribution in [1.29, 1.82) is 0 Å². The average molecular weight is 450 g/mol. The molecule has 0 saturated heterocycles. The minimum absolute atomic E-state index is 0.0950. The van der Waals surface area contributed by atoms with E-state index in [0.717, 1.165) is 17.2 Å². The van der Waals surface area contributed by atoms with Crippen LogP contribution in [0.3, 0.4) is 0 Å². The molecule has 0 fully saturated rings. The SMILES string of the molecule is Cc1ccc(C(=O)C2=CN(c3ccc(C(C)C)cc3)c3cc(F)ccc3S2(=O)=O)c(C)c1. The van der Waals surface area contributed by atoms with Gasteiger partial charge in [-0.15, -0.1) is 0 Å². The Hall–Kier alpha value is -3.25. The van der Waals surface area contributed by atoms with Gasteiger partial charge >= 0.3 is 0 Å². The van der Waals surface area contributed by atoms with E-state index in [4.69, 9.17) is 0 Å². The lowest BCUT2D eigenvalue weighted by molar-refractivity contribution is 0.104. The average Bonchev–Trinajstić information content (AvgIpc) is 2.73. The highest BCUT2D eigenvalue weighted by molar-refractivity contribution is 7.96. The first kappa shape index (κ1) is 22.0. The number of anilines is 2. The fourth-order valence-electron chi connectivity index (χ4n) is 3.90. The number of Topliss-reactive ketones (excluding diaryl/α,β-unsaturated/α-hetero) is 1. The van der Waals surface area contributed by atoms with Crippen molar-refractivity contribution in [2.75, 3.05) is 4.90 Å². The van der Waals surface area contributed by atoms with Crippen LogP contribution in [-0.2, 0) is 9.84 Å². The molecule has 6 heteroatoms. The Morgan fingerprint density at radius 2 is 1.62 bits per heavy atom. The number of fused-ring (bicyclic) bond motifs is 1. The Morgan fingerprint density at radius 1 is 0.938 bits per heavy atom. The van der Waals surface area contributed by atoms with Gasteiger partial charge in [-0.05, 0) is 61.2 Å². The smallest absolute Gasteiger partial charge is 0.214 e. The molecule has 0 N–H and O–H groups in total. The number of halogens is 1. The molecule has 0 aliphatic carbocycles. The molecule has 0 saturated carbocycles. The molecule has 0 aromatic heterocycles. The van der Waals surface area contributed by atoms with Gasteiger partial charge in [0.05, 0.1) is 10.6 Å². The molecule has 3 aromatic carbocycles. The first-order valence-electron chi connectivity index (χ1n) is 10.4. The molecule has 0 amide bonds. The summed E-state index contributed by atoms with van der Waals surface area (Å²) in [7, 11) is -4.13. The van der Waals surface area contributed by atoms with Crippen molar-refractivity contribution in [3.05, 3.63) is 99.8 Å². The third kappa shape index (κ3) is 3.75. The number of aryl methyl sites for hydroxylation is 2. The fraction of sp³-hybridized carbons (Fsp3) is 0.192. The van der Waals surface area contributed by atoms with Crippen molar-refractivity contribution < 1.29 is 17.6 Å². The van der Waals surface area contributed by atoms with Gasteiger partial charge in [-0.1, -0.05) is 49.7 Å². The van der Waals surface area contributed by atoms with Crippen molar-refractivity contribution in [2.24, 2.45) is 0 Å². The Morgan fingerprint density at radius 3 is 2.25 bits per heavy atom. The second-order valence-electron chi connectivity index (χ2n) is 8.37. The predicted molar refractivity (Wildman–Crippen MR) is 125 cm³/mol. The molecule has 32 heavy (non-hydrogen) atoms. The van der Waals surface area contributed by atoms with E-state index < -0.39 is 21.4 Å². The van der Waals surface area contributed by atoms with E-state index in [1.165, 1.54) is 18.3 Å². The van der Waals surface area contributed by atoms with Crippen LogP contribution >= 0.6 is 0 Å². The van der Waals surface area contributed by atoms with Crippen LogP contribution in [0.1, 0.15) is 46.8 Å². The number of benzene rings is 3. The van der Waals surface area contributed by atoms with Gasteiger partial charge in [0, 0.05) is 17.5 Å². The number of allylic oxidation sites excluding steroid dienone is 1. The minimum Gasteiger partial charge on any atom is -0.314 e. The molecular weight excluding hydrogens is 425 g/mol. The molecule has 1 heterocycles. The van der Waals surface area contributed by atoms with Gasteiger partial charge in [-0.25, -0.2) is 12.8 Å². The Balaban J connectivity index is 1.91. The summed E-state index contributed by atoms with van der Waals surface area (Å²) < 4.78 is 40.9. The molecule has 0 spiro atoms. The molecular formula is C26H24FNO3S. The van der Waals surface area contributed by atoms with Crippen molar-refractivity contribution in [3.8, 4) is 0 Å². The molecule has 1 aliphatic heterocycles. The van der Waals surface area contributed by atoms with Crippen LogP contribution < -0.4 is 4.90 Å². The van der Waals surface area contributed by atoms with Crippen LogP contribution in [0.15, 0.2) is 76.7 Å². The summed E-state index contributed by atoms with van der Waals surface area (Å²) in [5, 5.41) is 0. The monoisotopic (exact) mass is 449 g/mol. The van der Waals surface area contributed by atoms with Gasteiger partial charge in [0.1, 0.15) is 10.7 Å². The molecule has 4 nitrogen and oxygen atoms in total. The number of sulfone groups is 1. The van der Waals surface area contributed by atoms with Gasteiger partial charge in [0.25, 0.3) is 0 Å². The lowest BCUT2D eigenvalue weighted by atomic mass is 10.0. The van der Waals surface area contributed by atoms with Gasteiger partial charge in [0.15, 0.2) is 0 Å². The summed E-state index contributed by atoms with van der Waals surface area (Å²) in [6, 6.07) is 16.3. The topological polar surface area (TPSA) is 54.5 Å². The maximum Gasteiger partial charge on any atom is 0.214 e. The predicted octanol–water partition coefficient (Wildman–Crippen LogP) is 6.22. The normalized spacial score (nSPS) is 14.8. The Bertz CT molecular complexity index is 1360. The van der Waals surface area contributed by atoms with Crippen LogP contribution in [0, 0.1) is 19.7 Å². The molecule has 3 aromatic rings. The lowest BCUT2D eigenvalue weighted by Crippen LogP contribution is -2.26. The van der Waals surface area contributed by atoms with Crippen LogP contribution in [0.25, 0.3) is 0 Å². The number of hydrogen-bond acceptors (Lipinski definition) is 4. The number of hydrogen-bond donors (Lipinski definition) is 0. The first-order valence-corrected chi connectivity index (χ1v) is 11.9. The number of carbonyl (C=O) groups is 1. The second kappa shape index (κ2) is 8.02. The van der Waals surface area contributed by atoms with E-state index in [1.54, 1.807) is 24.0 Å². The Kier molecular flexibility index (Phi) is 5.51. The summed E-state index contributed by atoms with van der Waals surface area (Å²) in [6.45, 7) is 7.84. The zero-order valence-corrected chi connectivity index (χ0v) is 19.2. The zero-order chi connectivity index (χ0) is 23.2. The van der Waals surface area contributed by atoms with Crippen LogP contribution in [0.4, 0.5) is 15.8 Å². The van der Waals surface area contributed by atoms with Crippen molar-refractivity contribution >= 4 is 27.0 Å². The van der Waals surface area contributed by atoms with Gasteiger partial charge in [-0.3, -0.25) is 4.79 Å². The maximum absolute atomic E-state index is 14.1. The lowest BCUT2D eigenvalue weighted by Gasteiger charge is -2.29. The van der Waals surface area contributed by atoms with Crippen molar-refractivity contribution in [3.63, 3.8) is 0 Å². The van der Waals surface area contributed by atoms with E-state index in [0.29, 0.717) is 22.7 Å². The fourth-order valence-corrected chi connectivity index (χ4v) is 5.41. The Labute approximate surface area is 187 Å². The standard InChI is InChI=1S/C26H24FNO3S/c1-16(2)19-6-9-21(10-7-19)28-15-25(26(29)22-11-5-17(3)13-18(22)4)32(30,31)24-12-8-20(27)14-23(24)28/h5-16H,1-4H3.